The highest BCUT2D eigenvalue weighted by molar-refractivity contribution is 6.17. The van der Waals surface area contributed by atoms with Gasteiger partial charge in [-0.05, 0) is 24.1 Å². The normalized spacial score (nSPS) is 16.7. The van der Waals surface area contributed by atoms with Crippen molar-refractivity contribution < 1.29 is 9.53 Å². The first kappa shape index (κ1) is 14.0. The number of carbonyl (C=O) groups is 1. The third-order valence-corrected chi connectivity index (χ3v) is 3.98. The molecule has 2 aromatic rings. The van der Waals surface area contributed by atoms with Crippen LogP contribution in [0.25, 0.3) is 0 Å². The zero-order valence-electron chi connectivity index (χ0n) is 11.5. The molecule has 2 aromatic carbocycles. The number of hydrogen-bond acceptors (Lipinski definition) is 2. The number of anilines is 1. The van der Waals surface area contributed by atoms with Gasteiger partial charge in [-0.2, -0.15) is 0 Å². The molecule has 1 heterocycles. The number of ether oxygens (including phenoxy) is 1. The van der Waals surface area contributed by atoms with Crippen molar-refractivity contribution in [3.8, 4) is 5.75 Å². The van der Waals surface area contributed by atoms with E-state index in [1.807, 2.05) is 48.5 Å². The Labute approximate surface area is 128 Å². The maximum Gasteiger partial charge on any atom is 0.232 e. The van der Waals surface area contributed by atoms with Gasteiger partial charge in [-0.1, -0.05) is 36.4 Å². The predicted octanol–water partition coefficient (Wildman–Crippen LogP) is 3.93. The van der Waals surface area contributed by atoms with Crippen LogP contribution in [-0.4, -0.2) is 12.5 Å². The lowest BCUT2D eigenvalue weighted by atomic mass is 9.92. The Morgan fingerprint density at radius 2 is 1.95 bits per heavy atom. The Morgan fingerprint density at radius 1 is 1.19 bits per heavy atom. The van der Waals surface area contributed by atoms with E-state index in [2.05, 4.69) is 5.32 Å². The number of halogens is 1. The van der Waals surface area contributed by atoms with Crippen LogP contribution in [0.15, 0.2) is 48.5 Å². The van der Waals surface area contributed by atoms with E-state index in [1.165, 1.54) is 0 Å². The number of para-hydroxylation sites is 2. The van der Waals surface area contributed by atoms with Crippen LogP contribution in [0, 0.1) is 0 Å². The Bertz CT molecular complexity index is 657. The minimum Gasteiger partial charge on any atom is -0.493 e. The van der Waals surface area contributed by atoms with Crippen LogP contribution in [0.5, 0.6) is 5.75 Å². The van der Waals surface area contributed by atoms with Gasteiger partial charge in [0.2, 0.25) is 5.91 Å². The topological polar surface area (TPSA) is 38.3 Å². The van der Waals surface area contributed by atoms with Crippen LogP contribution in [0.1, 0.15) is 23.5 Å². The zero-order valence-corrected chi connectivity index (χ0v) is 12.3. The fraction of sp³-hybridized carbons (Fsp3) is 0.235. The van der Waals surface area contributed by atoms with Gasteiger partial charge in [0, 0.05) is 17.1 Å². The number of benzene rings is 2. The van der Waals surface area contributed by atoms with Crippen LogP contribution >= 0.6 is 11.6 Å². The van der Waals surface area contributed by atoms with Crippen LogP contribution in [0.2, 0.25) is 0 Å². The molecule has 21 heavy (non-hydrogen) atoms. The fourth-order valence-electron chi connectivity index (χ4n) is 2.59. The summed E-state index contributed by atoms with van der Waals surface area (Å²) in [6, 6.07) is 15.3. The summed E-state index contributed by atoms with van der Waals surface area (Å²) < 4.78 is 5.60. The Balaban J connectivity index is 1.84. The Hall–Kier alpha value is -2.00. The molecule has 1 aliphatic rings. The third kappa shape index (κ3) is 2.88. The summed E-state index contributed by atoms with van der Waals surface area (Å²) in [5, 5.41) is 2.99. The first-order chi connectivity index (χ1) is 10.3. The summed E-state index contributed by atoms with van der Waals surface area (Å²) in [6.45, 7) is 0.562. The van der Waals surface area contributed by atoms with E-state index >= 15 is 0 Å². The minimum atomic E-state index is -0.182. The molecule has 0 spiro atoms. The summed E-state index contributed by atoms with van der Waals surface area (Å²) >= 11 is 5.91. The van der Waals surface area contributed by atoms with Crippen molar-refractivity contribution in [3.63, 3.8) is 0 Å². The van der Waals surface area contributed by atoms with Crippen molar-refractivity contribution in [1.29, 1.82) is 0 Å². The molecule has 1 unspecified atom stereocenters. The monoisotopic (exact) mass is 301 g/mol. The summed E-state index contributed by atoms with van der Waals surface area (Å²) in [5.74, 6) is 0.983. The molecule has 1 aliphatic heterocycles. The summed E-state index contributed by atoms with van der Waals surface area (Å²) in [6.07, 6.45) is 0.686. The number of carbonyl (C=O) groups excluding carboxylic acids is 1. The van der Waals surface area contributed by atoms with E-state index < -0.39 is 0 Å². The van der Waals surface area contributed by atoms with Gasteiger partial charge in [-0.15, -0.1) is 11.6 Å². The van der Waals surface area contributed by atoms with Crippen molar-refractivity contribution in [2.45, 2.75) is 18.2 Å². The molecule has 0 fully saturated rings. The summed E-state index contributed by atoms with van der Waals surface area (Å²) in [7, 11) is 0. The summed E-state index contributed by atoms with van der Waals surface area (Å²) in [5.41, 5.74) is 2.65. The van der Waals surface area contributed by atoms with Crippen LogP contribution < -0.4 is 10.1 Å². The highest BCUT2D eigenvalue weighted by atomic mass is 35.5. The van der Waals surface area contributed by atoms with Crippen molar-refractivity contribution in [1.82, 2.24) is 0 Å². The van der Waals surface area contributed by atoms with E-state index in [4.69, 9.17) is 16.3 Å². The number of amides is 1. The van der Waals surface area contributed by atoms with Crippen molar-refractivity contribution in [3.05, 3.63) is 59.7 Å². The fourth-order valence-corrected chi connectivity index (χ4v) is 2.83. The maximum atomic E-state index is 12.6. The lowest BCUT2D eigenvalue weighted by Gasteiger charge is -2.25. The number of rotatable bonds is 3. The van der Waals surface area contributed by atoms with Crippen molar-refractivity contribution in [2.24, 2.45) is 0 Å². The zero-order chi connectivity index (χ0) is 14.7. The molecule has 1 amide bonds. The molecule has 108 valence electrons. The number of fused-ring (bicyclic) bond motifs is 1. The quantitative estimate of drug-likeness (QED) is 0.872. The SMILES string of the molecule is O=C(Nc1ccccc1CCl)C1CCOc2ccccc21. The lowest BCUT2D eigenvalue weighted by Crippen LogP contribution is -2.26. The van der Waals surface area contributed by atoms with Gasteiger partial charge in [0.15, 0.2) is 0 Å². The van der Waals surface area contributed by atoms with E-state index in [0.717, 1.165) is 22.6 Å². The highest BCUT2D eigenvalue weighted by Gasteiger charge is 2.27. The second kappa shape index (κ2) is 6.19. The average Bonchev–Trinajstić information content (AvgIpc) is 2.54. The van der Waals surface area contributed by atoms with Gasteiger partial charge >= 0.3 is 0 Å². The van der Waals surface area contributed by atoms with Crippen LogP contribution in [-0.2, 0) is 10.7 Å². The molecule has 0 radical (unpaired) electrons. The second-order valence-corrected chi connectivity index (χ2v) is 5.27. The smallest absolute Gasteiger partial charge is 0.232 e. The van der Waals surface area contributed by atoms with Gasteiger partial charge in [-0.3, -0.25) is 4.79 Å². The molecule has 3 rings (SSSR count). The molecule has 4 heteroatoms. The van der Waals surface area contributed by atoms with E-state index in [-0.39, 0.29) is 11.8 Å². The maximum absolute atomic E-state index is 12.6. The Morgan fingerprint density at radius 3 is 2.81 bits per heavy atom. The molecular weight excluding hydrogens is 286 g/mol. The number of alkyl halides is 1. The minimum absolute atomic E-state index is 0.0108. The van der Waals surface area contributed by atoms with Crippen molar-refractivity contribution in [2.75, 3.05) is 11.9 Å². The lowest BCUT2D eigenvalue weighted by molar-refractivity contribution is -0.118. The highest BCUT2D eigenvalue weighted by Crippen LogP contribution is 2.34. The van der Waals surface area contributed by atoms with Crippen molar-refractivity contribution >= 4 is 23.2 Å². The standard InChI is InChI=1S/C17H16ClNO2/c18-11-12-5-1-3-7-15(12)19-17(20)14-9-10-21-16-8-4-2-6-13(14)16/h1-8,14H,9-11H2,(H,19,20). The van der Waals surface area contributed by atoms with Gasteiger partial charge in [0.25, 0.3) is 0 Å². The summed E-state index contributed by atoms with van der Waals surface area (Å²) in [4.78, 5) is 12.6. The van der Waals surface area contributed by atoms with E-state index in [9.17, 15) is 4.79 Å². The predicted molar refractivity (Wildman–Crippen MR) is 83.9 cm³/mol. The first-order valence-electron chi connectivity index (χ1n) is 6.96. The molecule has 0 saturated carbocycles. The Kier molecular flexibility index (Phi) is 4.11. The molecule has 0 saturated heterocycles. The molecule has 1 N–H and O–H groups in total. The first-order valence-corrected chi connectivity index (χ1v) is 7.49. The molecule has 1 atom stereocenters. The molecular formula is C17H16ClNO2. The molecule has 0 bridgehead atoms. The van der Waals surface area contributed by atoms with Gasteiger partial charge in [0.05, 0.1) is 12.5 Å². The molecule has 0 aromatic heterocycles. The van der Waals surface area contributed by atoms with Crippen LogP contribution in [0.3, 0.4) is 0 Å². The number of hydrogen-bond donors (Lipinski definition) is 1. The second-order valence-electron chi connectivity index (χ2n) is 5.01. The number of nitrogens with one attached hydrogen (secondary N) is 1. The van der Waals surface area contributed by atoms with Gasteiger partial charge in [-0.25, -0.2) is 0 Å². The van der Waals surface area contributed by atoms with E-state index in [0.29, 0.717) is 18.9 Å². The molecule has 0 aliphatic carbocycles. The van der Waals surface area contributed by atoms with Gasteiger partial charge < -0.3 is 10.1 Å². The average molecular weight is 302 g/mol. The van der Waals surface area contributed by atoms with E-state index in [1.54, 1.807) is 0 Å². The van der Waals surface area contributed by atoms with Crippen LogP contribution in [0.4, 0.5) is 5.69 Å². The largest absolute Gasteiger partial charge is 0.493 e. The van der Waals surface area contributed by atoms with Gasteiger partial charge in [0.1, 0.15) is 5.75 Å². The third-order valence-electron chi connectivity index (χ3n) is 3.69. The molecule has 3 nitrogen and oxygen atoms in total.